The van der Waals surface area contributed by atoms with Crippen LogP contribution in [0.15, 0.2) is 29.4 Å². The van der Waals surface area contributed by atoms with Crippen molar-refractivity contribution in [2.45, 2.75) is 69.6 Å². The van der Waals surface area contributed by atoms with Crippen molar-refractivity contribution in [3.63, 3.8) is 0 Å². The molecule has 2 aromatic rings. The fourth-order valence-electron chi connectivity index (χ4n) is 4.43. The molecule has 0 radical (unpaired) electrons. The summed E-state index contributed by atoms with van der Waals surface area (Å²) in [6.07, 6.45) is 8.82. The number of thioether (sulfide) groups is 1. The van der Waals surface area contributed by atoms with Crippen LogP contribution < -0.4 is 5.32 Å². The van der Waals surface area contributed by atoms with Gasteiger partial charge in [-0.15, -0.1) is 10.2 Å². The predicted octanol–water partition coefficient (Wildman–Crippen LogP) is 4.42. The number of nitrogens with one attached hydrogen (secondary N) is 1. The van der Waals surface area contributed by atoms with Gasteiger partial charge in [0.1, 0.15) is 5.82 Å². The van der Waals surface area contributed by atoms with Crippen molar-refractivity contribution in [1.29, 1.82) is 0 Å². The van der Waals surface area contributed by atoms with E-state index in [-0.39, 0.29) is 5.91 Å². The van der Waals surface area contributed by atoms with Gasteiger partial charge < -0.3 is 9.88 Å². The maximum absolute atomic E-state index is 12.4. The van der Waals surface area contributed by atoms with Crippen LogP contribution in [0.4, 0.5) is 5.69 Å². The summed E-state index contributed by atoms with van der Waals surface area (Å²) in [7, 11) is 0. The molecule has 1 aliphatic heterocycles. The van der Waals surface area contributed by atoms with Crippen LogP contribution in [0.1, 0.15) is 62.4 Å². The van der Waals surface area contributed by atoms with E-state index in [1.807, 2.05) is 19.1 Å². The van der Waals surface area contributed by atoms with E-state index in [2.05, 4.69) is 37.1 Å². The molecule has 156 valence electrons. The van der Waals surface area contributed by atoms with E-state index in [0.29, 0.717) is 11.8 Å². The first-order valence-corrected chi connectivity index (χ1v) is 11.8. The van der Waals surface area contributed by atoms with Gasteiger partial charge >= 0.3 is 0 Å². The number of benzene rings is 1. The van der Waals surface area contributed by atoms with Crippen molar-refractivity contribution in [2.75, 3.05) is 24.2 Å². The first-order valence-electron chi connectivity index (χ1n) is 10.8. The molecule has 1 aromatic carbocycles. The Labute approximate surface area is 177 Å². The predicted molar refractivity (Wildman–Crippen MR) is 117 cm³/mol. The van der Waals surface area contributed by atoms with E-state index in [9.17, 15) is 4.79 Å². The van der Waals surface area contributed by atoms with E-state index in [0.717, 1.165) is 23.2 Å². The number of nitrogens with zero attached hydrogens (tertiary/aromatic N) is 4. The SMILES string of the molecule is Cc1nnc(SCC(=O)Nc2ccc(CN3CCCC3)cc2)n1C1CCCCC1. The number of aryl methyl sites for hydroxylation is 1. The Morgan fingerprint density at radius 3 is 2.52 bits per heavy atom. The second kappa shape index (κ2) is 9.76. The van der Waals surface area contributed by atoms with Gasteiger partial charge in [-0.2, -0.15) is 0 Å². The zero-order valence-electron chi connectivity index (χ0n) is 17.3. The zero-order valence-corrected chi connectivity index (χ0v) is 18.1. The lowest BCUT2D eigenvalue weighted by atomic mass is 9.95. The molecule has 0 bridgehead atoms. The lowest BCUT2D eigenvalue weighted by Gasteiger charge is -2.24. The minimum atomic E-state index is -0.00172. The number of likely N-dealkylation sites (tertiary alicyclic amines) is 1. The minimum Gasteiger partial charge on any atom is -0.325 e. The highest BCUT2D eigenvalue weighted by Crippen LogP contribution is 2.32. The molecule has 2 fully saturated rings. The van der Waals surface area contributed by atoms with Gasteiger partial charge in [0.2, 0.25) is 5.91 Å². The standard InChI is InChI=1S/C22H31N5OS/c1-17-24-25-22(27(17)20-7-3-2-4-8-20)29-16-21(28)23-19-11-9-18(10-12-19)15-26-13-5-6-14-26/h9-12,20H,2-8,13-16H2,1H3,(H,23,28). The molecule has 0 unspecified atom stereocenters. The number of aromatic nitrogens is 3. The molecule has 2 heterocycles. The molecule has 1 amide bonds. The minimum absolute atomic E-state index is 0.00172. The number of anilines is 1. The third kappa shape index (κ3) is 5.39. The van der Waals surface area contributed by atoms with Crippen molar-refractivity contribution < 1.29 is 4.79 Å². The Hall–Kier alpha value is -1.86. The summed E-state index contributed by atoms with van der Waals surface area (Å²) >= 11 is 1.48. The van der Waals surface area contributed by atoms with Crippen LogP contribution in [-0.2, 0) is 11.3 Å². The quantitative estimate of drug-likeness (QED) is 0.681. The van der Waals surface area contributed by atoms with Crippen LogP contribution in [0.5, 0.6) is 0 Å². The van der Waals surface area contributed by atoms with Crippen LogP contribution in [0.25, 0.3) is 0 Å². The van der Waals surface area contributed by atoms with Crippen LogP contribution in [0.2, 0.25) is 0 Å². The normalized spacial score (nSPS) is 18.2. The van der Waals surface area contributed by atoms with Crippen molar-refractivity contribution >= 4 is 23.4 Å². The van der Waals surface area contributed by atoms with Crippen LogP contribution in [0, 0.1) is 6.92 Å². The van der Waals surface area contributed by atoms with Gasteiger partial charge in [0.25, 0.3) is 0 Å². The molecular formula is C22H31N5OS. The Bertz CT molecular complexity index is 807. The second-order valence-corrected chi connectivity index (χ2v) is 9.15. The van der Waals surface area contributed by atoms with Gasteiger partial charge in [0.15, 0.2) is 5.16 Å². The van der Waals surface area contributed by atoms with Crippen LogP contribution in [0.3, 0.4) is 0 Å². The first kappa shape index (κ1) is 20.4. The molecule has 1 N–H and O–H groups in total. The Kier molecular flexibility index (Phi) is 6.87. The van der Waals surface area contributed by atoms with Crippen molar-refractivity contribution in [1.82, 2.24) is 19.7 Å². The maximum Gasteiger partial charge on any atom is 0.234 e. The molecule has 2 aliphatic rings. The van der Waals surface area contributed by atoms with Crippen LogP contribution in [-0.4, -0.2) is 44.4 Å². The van der Waals surface area contributed by atoms with Gasteiger partial charge in [0.05, 0.1) is 5.75 Å². The average molecular weight is 414 g/mol. The number of hydrogen-bond acceptors (Lipinski definition) is 5. The third-order valence-electron chi connectivity index (χ3n) is 5.95. The van der Waals surface area contributed by atoms with Gasteiger partial charge in [-0.3, -0.25) is 9.69 Å². The highest BCUT2D eigenvalue weighted by molar-refractivity contribution is 7.99. The monoisotopic (exact) mass is 413 g/mol. The maximum atomic E-state index is 12.4. The van der Waals surface area contributed by atoms with Crippen LogP contribution >= 0.6 is 11.8 Å². The van der Waals surface area contributed by atoms with Crippen molar-refractivity contribution in [3.8, 4) is 0 Å². The van der Waals surface area contributed by atoms with Gasteiger partial charge in [0, 0.05) is 18.3 Å². The molecule has 1 aromatic heterocycles. The first-order chi connectivity index (χ1) is 14.2. The summed E-state index contributed by atoms with van der Waals surface area (Å²) in [4.78, 5) is 14.9. The summed E-state index contributed by atoms with van der Waals surface area (Å²) < 4.78 is 2.24. The Balaban J connectivity index is 1.29. The molecule has 0 spiro atoms. The molecule has 4 rings (SSSR count). The second-order valence-electron chi connectivity index (χ2n) is 8.21. The topological polar surface area (TPSA) is 63.1 Å². The number of hydrogen-bond donors (Lipinski definition) is 1. The summed E-state index contributed by atoms with van der Waals surface area (Å²) in [5.41, 5.74) is 2.15. The average Bonchev–Trinajstić information content (AvgIpc) is 3.38. The van der Waals surface area contributed by atoms with E-state index in [1.54, 1.807) is 0 Å². The number of carbonyl (C=O) groups excluding carboxylic acids is 1. The summed E-state index contributed by atoms with van der Waals surface area (Å²) in [5, 5.41) is 12.5. The van der Waals surface area contributed by atoms with E-state index >= 15 is 0 Å². The smallest absolute Gasteiger partial charge is 0.234 e. The molecule has 6 nitrogen and oxygen atoms in total. The zero-order chi connectivity index (χ0) is 20.1. The van der Waals surface area contributed by atoms with E-state index in [4.69, 9.17) is 0 Å². The lowest BCUT2D eigenvalue weighted by molar-refractivity contribution is -0.113. The van der Waals surface area contributed by atoms with Crippen molar-refractivity contribution in [3.05, 3.63) is 35.7 Å². The Morgan fingerprint density at radius 2 is 1.79 bits per heavy atom. The van der Waals surface area contributed by atoms with E-state index in [1.165, 1.54) is 75.4 Å². The Morgan fingerprint density at radius 1 is 1.07 bits per heavy atom. The number of amides is 1. The molecule has 1 saturated carbocycles. The van der Waals surface area contributed by atoms with Gasteiger partial charge in [-0.1, -0.05) is 43.2 Å². The molecule has 29 heavy (non-hydrogen) atoms. The molecule has 7 heteroatoms. The summed E-state index contributed by atoms with van der Waals surface area (Å²) in [5.74, 6) is 1.30. The van der Waals surface area contributed by atoms with Gasteiger partial charge in [-0.05, 0) is 63.4 Å². The fraction of sp³-hybridized carbons (Fsp3) is 0.591. The molecule has 1 aliphatic carbocycles. The highest BCUT2D eigenvalue weighted by atomic mass is 32.2. The molecular weight excluding hydrogens is 382 g/mol. The number of carbonyl (C=O) groups is 1. The summed E-state index contributed by atoms with van der Waals surface area (Å²) in [6.45, 7) is 5.40. The van der Waals surface area contributed by atoms with E-state index < -0.39 is 0 Å². The van der Waals surface area contributed by atoms with Crippen molar-refractivity contribution in [2.24, 2.45) is 0 Å². The fourth-order valence-corrected chi connectivity index (χ4v) is 5.28. The molecule has 0 atom stereocenters. The molecule has 1 saturated heterocycles. The lowest BCUT2D eigenvalue weighted by Crippen LogP contribution is -2.18. The largest absolute Gasteiger partial charge is 0.325 e. The third-order valence-corrected chi connectivity index (χ3v) is 6.89. The highest BCUT2D eigenvalue weighted by Gasteiger charge is 2.21. The summed E-state index contributed by atoms with van der Waals surface area (Å²) in [6, 6.07) is 8.71. The van der Waals surface area contributed by atoms with Gasteiger partial charge in [-0.25, -0.2) is 0 Å². The number of rotatable bonds is 7.